The number of halogens is 1. The third-order valence-electron chi connectivity index (χ3n) is 1.72. The molecule has 0 N–H and O–H groups in total. The normalized spacial score (nSPS) is 12.6. The molecule has 0 amide bonds. The van der Waals surface area contributed by atoms with Crippen LogP contribution in [0.1, 0.15) is 12.6 Å². The fourth-order valence-corrected chi connectivity index (χ4v) is 1.28. The van der Waals surface area contributed by atoms with Crippen molar-refractivity contribution < 1.29 is 9.47 Å². The Morgan fingerprint density at radius 2 is 2.21 bits per heavy atom. The second-order valence-corrected chi connectivity index (χ2v) is 3.95. The van der Waals surface area contributed by atoms with Crippen LogP contribution in [-0.4, -0.2) is 24.8 Å². The van der Waals surface area contributed by atoms with Gasteiger partial charge in [0.1, 0.15) is 6.10 Å². The van der Waals surface area contributed by atoms with Gasteiger partial charge in [0, 0.05) is 17.6 Å². The van der Waals surface area contributed by atoms with Crippen LogP contribution in [0.25, 0.3) is 0 Å². The van der Waals surface area contributed by atoms with Crippen LogP contribution in [0.15, 0.2) is 16.6 Å². The summed E-state index contributed by atoms with van der Waals surface area (Å²) in [7, 11) is 1.65. The highest BCUT2D eigenvalue weighted by atomic mass is 79.9. The zero-order valence-electron chi connectivity index (χ0n) is 8.58. The van der Waals surface area contributed by atoms with Crippen LogP contribution in [-0.2, 0) is 4.74 Å². The molecular weight excluding hydrogens is 246 g/mol. The Kier molecular flexibility index (Phi) is 4.35. The molecule has 0 spiro atoms. The number of aryl methyl sites for hydroxylation is 1. The van der Waals surface area contributed by atoms with Gasteiger partial charge in [0.05, 0.1) is 12.3 Å². The van der Waals surface area contributed by atoms with E-state index in [0.717, 1.165) is 10.2 Å². The van der Waals surface area contributed by atoms with Crippen molar-refractivity contribution in [1.82, 2.24) is 4.98 Å². The summed E-state index contributed by atoms with van der Waals surface area (Å²) in [5, 5.41) is 0. The molecule has 4 heteroatoms. The predicted molar refractivity (Wildman–Crippen MR) is 58.6 cm³/mol. The third-order valence-corrected chi connectivity index (χ3v) is 2.56. The van der Waals surface area contributed by atoms with Gasteiger partial charge in [-0.3, -0.25) is 0 Å². The SMILES string of the molecule is COCC(C)Oc1ccc(Br)c(C)n1. The fraction of sp³-hybridized carbons (Fsp3) is 0.500. The highest BCUT2D eigenvalue weighted by molar-refractivity contribution is 9.10. The first-order valence-electron chi connectivity index (χ1n) is 4.42. The number of methoxy groups -OCH3 is 1. The van der Waals surface area contributed by atoms with Gasteiger partial charge < -0.3 is 9.47 Å². The van der Waals surface area contributed by atoms with Crippen LogP contribution >= 0.6 is 15.9 Å². The summed E-state index contributed by atoms with van der Waals surface area (Å²) in [4.78, 5) is 4.27. The molecule has 1 atom stereocenters. The summed E-state index contributed by atoms with van der Waals surface area (Å²) in [6.07, 6.45) is 0.0214. The summed E-state index contributed by atoms with van der Waals surface area (Å²) in [6, 6.07) is 3.76. The van der Waals surface area contributed by atoms with Gasteiger partial charge in [-0.1, -0.05) is 0 Å². The molecule has 0 radical (unpaired) electrons. The Morgan fingerprint density at radius 1 is 1.50 bits per heavy atom. The molecule has 0 bridgehead atoms. The van der Waals surface area contributed by atoms with E-state index in [4.69, 9.17) is 9.47 Å². The number of pyridine rings is 1. The first-order chi connectivity index (χ1) is 6.63. The molecule has 0 saturated carbocycles. The molecular formula is C10H14BrNO2. The molecule has 0 aliphatic rings. The predicted octanol–water partition coefficient (Wildman–Crippen LogP) is 2.57. The van der Waals surface area contributed by atoms with Gasteiger partial charge in [0.2, 0.25) is 5.88 Å². The molecule has 1 rings (SSSR count). The molecule has 3 nitrogen and oxygen atoms in total. The molecule has 1 aromatic rings. The van der Waals surface area contributed by atoms with E-state index in [0.29, 0.717) is 12.5 Å². The van der Waals surface area contributed by atoms with Crippen LogP contribution in [0.4, 0.5) is 0 Å². The Labute approximate surface area is 92.6 Å². The van der Waals surface area contributed by atoms with Crippen molar-refractivity contribution in [2.45, 2.75) is 20.0 Å². The Morgan fingerprint density at radius 3 is 2.79 bits per heavy atom. The maximum absolute atomic E-state index is 5.53. The van der Waals surface area contributed by atoms with Crippen molar-refractivity contribution in [1.29, 1.82) is 0 Å². The number of hydrogen-bond acceptors (Lipinski definition) is 3. The number of aromatic nitrogens is 1. The lowest BCUT2D eigenvalue weighted by Crippen LogP contribution is -2.18. The average Bonchev–Trinajstić information content (AvgIpc) is 2.12. The van der Waals surface area contributed by atoms with Crippen LogP contribution in [0.5, 0.6) is 5.88 Å². The molecule has 0 aromatic carbocycles. The number of rotatable bonds is 4. The molecule has 78 valence electrons. The first kappa shape index (κ1) is 11.5. The van der Waals surface area contributed by atoms with E-state index >= 15 is 0 Å². The summed E-state index contributed by atoms with van der Waals surface area (Å²) >= 11 is 3.38. The Bertz CT molecular complexity index is 304. The Balaban J connectivity index is 2.63. The maximum atomic E-state index is 5.53. The summed E-state index contributed by atoms with van der Waals surface area (Å²) in [5.74, 6) is 0.634. The first-order valence-corrected chi connectivity index (χ1v) is 5.21. The van der Waals surface area contributed by atoms with E-state index in [-0.39, 0.29) is 6.10 Å². The lowest BCUT2D eigenvalue weighted by molar-refractivity contribution is 0.0888. The quantitative estimate of drug-likeness (QED) is 0.833. The van der Waals surface area contributed by atoms with E-state index in [1.165, 1.54) is 0 Å². The molecule has 0 aliphatic carbocycles. The molecule has 1 aromatic heterocycles. The largest absolute Gasteiger partial charge is 0.472 e. The van der Waals surface area contributed by atoms with Crippen molar-refractivity contribution in [3.05, 3.63) is 22.3 Å². The zero-order valence-corrected chi connectivity index (χ0v) is 10.2. The van der Waals surface area contributed by atoms with Crippen molar-refractivity contribution in [3.63, 3.8) is 0 Å². The monoisotopic (exact) mass is 259 g/mol. The van der Waals surface area contributed by atoms with Gasteiger partial charge in [-0.15, -0.1) is 0 Å². The lowest BCUT2D eigenvalue weighted by atomic mass is 10.4. The van der Waals surface area contributed by atoms with Crippen LogP contribution in [0.3, 0.4) is 0 Å². The molecule has 1 unspecified atom stereocenters. The maximum Gasteiger partial charge on any atom is 0.213 e. The second kappa shape index (κ2) is 5.32. The molecule has 0 saturated heterocycles. The van der Waals surface area contributed by atoms with Crippen LogP contribution in [0, 0.1) is 6.92 Å². The van der Waals surface area contributed by atoms with Crippen molar-refractivity contribution in [2.75, 3.05) is 13.7 Å². The minimum Gasteiger partial charge on any atom is -0.472 e. The summed E-state index contributed by atoms with van der Waals surface area (Å²) < 4.78 is 11.5. The molecule has 0 fully saturated rings. The van der Waals surface area contributed by atoms with E-state index in [2.05, 4.69) is 20.9 Å². The van der Waals surface area contributed by atoms with Crippen molar-refractivity contribution >= 4 is 15.9 Å². The minimum atomic E-state index is 0.0214. The fourth-order valence-electron chi connectivity index (χ4n) is 1.06. The number of hydrogen-bond donors (Lipinski definition) is 0. The van der Waals surface area contributed by atoms with Gasteiger partial charge in [-0.25, -0.2) is 4.98 Å². The standard InChI is InChI=1S/C10H14BrNO2/c1-7(6-13-3)14-10-5-4-9(11)8(2)12-10/h4-5,7H,6H2,1-3H3. The molecule has 14 heavy (non-hydrogen) atoms. The average molecular weight is 260 g/mol. The van der Waals surface area contributed by atoms with Crippen molar-refractivity contribution in [2.24, 2.45) is 0 Å². The third kappa shape index (κ3) is 3.27. The van der Waals surface area contributed by atoms with Crippen LogP contribution in [0.2, 0.25) is 0 Å². The highest BCUT2D eigenvalue weighted by Crippen LogP contribution is 2.18. The van der Waals surface area contributed by atoms with E-state index < -0.39 is 0 Å². The lowest BCUT2D eigenvalue weighted by Gasteiger charge is -2.13. The summed E-state index contributed by atoms with van der Waals surface area (Å²) in [6.45, 7) is 4.44. The zero-order chi connectivity index (χ0) is 10.6. The second-order valence-electron chi connectivity index (χ2n) is 3.10. The van der Waals surface area contributed by atoms with E-state index in [1.54, 1.807) is 7.11 Å². The molecule has 1 heterocycles. The smallest absolute Gasteiger partial charge is 0.213 e. The highest BCUT2D eigenvalue weighted by Gasteiger charge is 2.05. The summed E-state index contributed by atoms with van der Waals surface area (Å²) in [5.41, 5.74) is 0.923. The number of nitrogens with zero attached hydrogens (tertiary/aromatic N) is 1. The molecule has 0 aliphatic heterocycles. The van der Waals surface area contributed by atoms with Gasteiger partial charge in [0.15, 0.2) is 0 Å². The topological polar surface area (TPSA) is 31.4 Å². The van der Waals surface area contributed by atoms with Crippen LogP contribution < -0.4 is 4.74 Å². The van der Waals surface area contributed by atoms with Gasteiger partial charge in [-0.2, -0.15) is 0 Å². The van der Waals surface area contributed by atoms with Crippen molar-refractivity contribution in [3.8, 4) is 5.88 Å². The van der Waals surface area contributed by atoms with Gasteiger partial charge in [0.25, 0.3) is 0 Å². The van der Waals surface area contributed by atoms with E-state index in [9.17, 15) is 0 Å². The number of ether oxygens (including phenoxy) is 2. The van der Waals surface area contributed by atoms with E-state index in [1.807, 2.05) is 26.0 Å². The van der Waals surface area contributed by atoms with Gasteiger partial charge >= 0.3 is 0 Å². The minimum absolute atomic E-state index is 0.0214. The Hall–Kier alpha value is -0.610. The van der Waals surface area contributed by atoms with Gasteiger partial charge in [-0.05, 0) is 35.8 Å².